The minimum Gasteiger partial charge on any atom is -0.381 e. The molecule has 32 heavy (non-hydrogen) atoms. The van der Waals surface area contributed by atoms with Gasteiger partial charge in [0.15, 0.2) is 0 Å². The smallest absolute Gasteiger partial charge is 0.261 e. The summed E-state index contributed by atoms with van der Waals surface area (Å²) in [5.41, 5.74) is 3.12. The molecule has 1 fully saturated rings. The number of hydrogen-bond donors (Lipinski definition) is 1. The molecule has 3 aromatic rings. The number of rotatable bonds is 6. The van der Waals surface area contributed by atoms with E-state index in [1.165, 1.54) is 0 Å². The number of amides is 1. The van der Waals surface area contributed by atoms with Crippen LogP contribution in [0.1, 0.15) is 33.9 Å². The molecule has 8 nitrogen and oxygen atoms in total. The Kier molecular flexibility index (Phi) is 5.45. The fourth-order valence-electron chi connectivity index (χ4n) is 4.10. The van der Waals surface area contributed by atoms with Gasteiger partial charge in [-0.3, -0.25) is 19.2 Å². The molecule has 1 amide bonds. The summed E-state index contributed by atoms with van der Waals surface area (Å²) in [5.74, 6) is 0.280. The largest absolute Gasteiger partial charge is 0.381 e. The minimum atomic E-state index is -0.115. The van der Waals surface area contributed by atoms with Crippen molar-refractivity contribution in [2.75, 3.05) is 26.8 Å². The number of benzene rings is 2. The Labute approximate surface area is 185 Å². The molecular formula is C24H25N5O3. The predicted octanol–water partition coefficient (Wildman–Crippen LogP) is 2.18. The van der Waals surface area contributed by atoms with E-state index >= 15 is 0 Å². The number of fused-ring (bicyclic) bond motifs is 1. The Morgan fingerprint density at radius 1 is 1.22 bits per heavy atom. The predicted molar refractivity (Wildman–Crippen MR) is 122 cm³/mol. The lowest BCUT2D eigenvalue weighted by Crippen LogP contribution is -2.39. The van der Waals surface area contributed by atoms with Crippen molar-refractivity contribution < 1.29 is 9.53 Å². The van der Waals surface area contributed by atoms with Gasteiger partial charge < -0.3 is 10.1 Å². The van der Waals surface area contributed by atoms with E-state index in [2.05, 4.69) is 15.4 Å². The van der Waals surface area contributed by atoms with Gasteiger partial charge in [-0.25, -0.2) is 4.98 Å². The van der Waals surface area contributed by atoms with Gasteiger partial charge in [-0.2, -0.15) is 5.10 Å². The molecular weight excluding hydrogens is 406 g/mol. The van der Waals surface area contributed by atoms with Gasteiger partial charge in [-0.05, 0) is 35.4 Å². The van der Waals surface area contributed by atoms with E-state index in [1.807, 2.05) is 54.7 Å². The summed E-state index contributed by atoms with van der Waals surface area (Å²) in [4.78, 5) is 30.0. The summed E-state index contributed by atoms with van der Waals surface area (Å²) in [6.07, 6.45) is 4.32. The lowest BCUT2D eigenvalue weighted by molar-refractivity contribution is -0.0298. The Hall–Kier alpha value is -3.52. The number of nitrogens with zero attached hydrogens (tertiary/aromatic N) is 4. The summed E-state index contributed by atoms with van der Waals surface area (Å²) >= 11 is 0. The lowest BCUT2D eigenvalue weighted by Gasteiger charge is -2.25. The second kappa shape index (κ2) is 8.55. The molecule has 164 valence electrons. The van der Waals surface area contributed by atoms with Crippen molar-refractivity contribution in [2.45, 2.75) is 19.0 Å². The molecule has 1 N–H and O–H groups in total. The van der Waals surface area contributed by atoms with E-state index in [4.69, 9.17) is 4.74 Å². The number of ether oxygens (including phenoxy) is 1. The molecule has 1 unspecified atom stereocenters. The zero-order valence-electron chi connectivity index (χ0n) is 17.9. The van der Waals surface area contributed by atoms with E-state index in [0.29, 0.717) is 48.7 Å². The Balaban J connectivity index is 1.34. The zero-order chi connectivity index (χ0) is 22.1. The molecule has 2 aromatic carbocycles. The minimum absolute atomic E-state index is 0.0996. The third-order valence-corrected chi connectivity index (χ3v) is 6.08. The normalized spacial score (nSPS) is 18.2. The molecule has 5 rings (SSSR count). The highest BCUT2D eigenvalue weighted by Crippen LogP contribution is 2.27. The molecule has 2 aliphatic rings. The SMILES string of the molecule is CN1N=CCC1c1ccc2c(=O)n(Cc3cccc(C(=O)NCC4COC4)c3)cnc2c1. The van der Waals surface area contributed by atoms with Gasteiger partial charge in [0.05, 0.1) is 43.0 Å². The van der Waals surface area contributed by atoms with Crippen molar-refractivity contribution in [3.63, 3.8) is 0 Å². The van der Waals surface area contributed by atoms with Crippen molar-refractivity contribution in [3.8, 4) is 0 Å². The third kappa shape index (κ3) is 4.01. The summed E-state index contributed by atoms with van der Waals surface area (Å²) in [6, 6.07) is 13.3. The first-order valence-corrected chi connectivity index (χ1v) is 10.8. The van der Waals surface area contributed by atoms with Crippen LogP contribution in [0.5, 0.6) is 0 Å². The molecule has 0 bridgehead atoms. The monoisotopic (exact) mass is 431 g/mol. The number of hydrazone groups is 1. The van der Waals surface area contributed by atoms with E-state index in [1.54, 1.807) is 17.0 Å². The first-order valence-electron chi connectivity index (χ1n) is 10.8. The number of hydrogen-bond acceptors (Lipinski definition) is 6. The van der Waals surface area contributed by atoms with Crippen molar-refractivity contribution in [3.05, 3.63) is 75.8 Å². The van der Waals surface area contributed by atoms with E-state index < -0.39 is 0 Å². The van der Waals surface area contributed by atoms with Crippen LogP contribution >= 0.6 is 0 Å². The van der Waals surface area contributed by atoms with Crippen LogP contribution in [0.4, 0.5) is 0 Å². The van der Waals surface area contributed by atoms with E-state index in [0.717, 1.165) is 17.5 Å². The Bertz CT molecular complexity index is 1250. The summed E-state index contributed by atoms with van der Waals surface area (Å²) in [7, 11) is 1.94. The van der Waals surface area contributed by atoms with Crippen LogP contribution < -0.4 is 10.9 Å². The standard InChI is InChI=1S/C24H25N5O3/c1-28-22(7-8-27-28)18-5-6-20-21(10-18)26-15-29(24(20)31)12-16-3-2-4-19(9-16)23(30)25-11-17-13-32-14-17/h2-6,8-10,15,17,22H,7,11-14H2,1H3,(H,25,30). The summed E-state index contributed by atoms with van der Waals surface area (Å²) in [5, 5.41) is 9.73. The molecule has 8 heteroatoms. The first kappa shape index (κ1) is 20.4. The van der Waals surface area contributed by atoms with Crippen LogP contribution in [0, 0.1) is 5.92 Å². The van der Waals surface area contributed by atoms with Crippen molar-refractivity contribution >= 4 is 23.0 Å². The van der Waals surface area contributed by atoms with Crippen LogP contribution in [-0.4, -0.2) is 53.5 Å². The van der Waals surface area contributed by atoms with Gasteiger partial charge in [0, 0.05) is 37.7 Å². The van der Waals surface area contributed by atoms with Crippen molar-refractivity contribution in [2.24, 2.45) is 11.0 Å². The van der Waals surface area contributed by atoms with Gasteiger partial charge >= 0.3 is 0 Å². The molecule has 3 heterocycles. The van der Waals surface area contributed by atoms with Crippen LogP contribution in [0.2, 0.25) is 0 Å². The second-order valence-corrected chi connectivity index (χ2v) is 8.39. The molecule has 2 aliphatic heterocycles. The fraction of sp³-hybridized carbons (Fsp3) is 0.333. The van der Waals surface area contributed by atoms with Gasteiger partial charge in [0.1, 0.15) is 0 Å². The first-order chi connectivity index (χ1) is 15.6. The quantitative estimate of drug-likeness (QED) is 0.646. The summed E-state index contributed by atoms with van der Waals surface area (Å²) in [6.45, 7) is 2.36. The average molecular weight is 431 g/mol. The topological polar surface area (TPSA) is 88.8 Å². The highest BCUT2D eigenvalue weighted by molar-refractivity contribution is 5.94. The number of carbonyl (C=O) groups is 1. The Morgan fingerprint density at radius 2 is 2.09 bits per heavy atom. The molecule has 0 radical (unpaired) electrons. The molecule has 0 aliphatic carbocycles. The highest BCUT2D eigenvalue weighted by Gasteiger charge is 2.21. The summed E-state index contributed by atoms with van der Waals surface area (Å²) < 4.78 is 6.72. The number of nitrogens with one attached hydrogen (secondary N) is 1. The fourth-order valence-corrected chi connectivity index (χ4v) is 4.10. The highest BCUT2D eigenvalue weighted by atomic mass is 16.5. The lowest BCUT2D eigenvalue weighted by atomic mass is 10.0. The molecule has 1 atom stereocenters. The van der Waals surface area contributed by atoms with Crippen molar-refractivity contribution in [1.29, 1.82) is 0 Å². The second-order valence-electron chi connectivity index (χ2n) is 8.39. The average Bonchev–Trinajstić information content (AvgIpc) is 3.20. The number of aromatic nitrogens is 2. The maximum atomic E-state index is 13.1. The van der Waals surface area contributed by atoms with Gasteiger partial charge in [0.25, 0.3) is 11.5 Å². The third-order valence-electron chi connectivity index (χ3n) is 6.08. The van der Waals surface area contributed by atoms with E-state index in [9.17, 15) is 9.59 Å². The van der Waals surface area contributed by atoms with Crippen LogP contribution in [-0.2, 0) is 11.3 Å². The van der Waals surface area contributed by atoms with Crippen LogP contribution in [0.15, 0.2) is 58.7 Å². The van der Waals surface area contributed by atoms with Gasteiger partial charge in [0.2, 0.25) is 0 Å². The van der Waals surface area contributed by atoms with E-state index in [-0.39, 0.29) is 17.5 Å². The molecule has 0 spiro atoms. The number of carbonyl (C=O) groups excluding carboxylic acids is 1. The van der Waals surface area contributed by atoms with Crippen LogP contribution in [0.3, 0.4) is 0 Å². The zero-order valence-corrected chi connectivity index (χ0v) is 17.9. The molecule has 0 saturated carbocycles. The van der Waals surface area contributed by atoms with Crippen LogP contribution in [0.25, 0.3) is 10.9 Å². The van der Waals surface area contributed by atoms with Crippen molar-refractivity contribution in [1.82, 2.24) is 19.9 Å². The Morgan fingerprint density at radius 3 is 2.84 bits per heavy atom. The molecule has 1 saturated heterocycles. The molecule has 1 aromatic heterocycles. The van der Waals surface area contributed by atoms with Gasteiger partial charge in [-0.15, -0.1) is 0 Å². The van der Waals surface area contributed by atoms with Gasteiger partial charge in [-0.1, -0.05) is 18.2 Å². The maximum absolute atomic E-state index is 13.1. The maximum Gasteiger partial charge on any atom is 0.261 e.